The summed E-state index contributed by atoms with van der Waals surface area (Å²) in [5.41, 5.74) is 1.10. The first-order chi connectivity index (χ1) is 7.65. The fourth-order valence-corrected chi connectivity index (χ4v) is 2.23. The average Bonchev–Trinajstić information content (AvgIpc) is 2.70. The van der Waals surface area contributed by atoms with E-state index in [1.54, 1.807) is 23.7 Å². The summed E-state index contributed by atoms with van der Waals surface area (Å²) in [4.78, 5) is 12.8. The molecule has 6 heteroatoms. The van der Waals surface area contributed by atoms with Crippen molar-refractivity contribution in [3.63, 3.8) is 0 Å². The van der Waals surface area contributed by atoms with Crippen LogP contribution in [-0.2, 0) is 0 Å². The first-order valence-electron chi connectivity index (χ1n) is 4.85. The summed E-state index contributed by atoms with van der Waals surface area (Å²) in [5.74, 6) is 1.04. The minimum Gasteiger partial charge on any atom is -0.300 e. The van der Waals surface area contributed by atoms with E-state index in [1.807, 2.05) is 0 Å². The Balaban J connectivity index is 2.11. The molecule has 2 rings (SSSR count). The van der Waals surface area contributed by atoms with Crippen molar-refractivity contribution in [3.8, 4) is 0 Å². The zero-order valence-corrected chi connectivity index (χ0v) is 11.9. The van der Waals surface area contributed by atoms with Gasteiger partial charge in [0.15, 0.2) is 5.13 Å². The lowest BCUT2D eigenvalue weighted by molar-refractivity contribution is 0.834. The number of halogens is 1. The molecule has 1 N–H and O–H groups in total. The van der Waals surface area contributed by atoms with Crippen molar-refractivity contribution in [2.45, 2.75) is 19.8 Å². The summed E-state index contributed by atoms with van der Waals surface area (Å²) in [6.07, 6.45) is 3.54. The summed E-state index contributed by atoms with van der Waals surface area (Å²) < 4.78 is 1.02. The van der Waals surface area contributed by atoms with E-state index in [4.69, 9.17) is 0 Å². The molecule has 2 heterocycles. The third-order valence-corrected chi connectivity index (χ3v) is 3.29. The van der Waals surface area contributed by atoms with Gasteiger partial charge in [-0.25, -0.2) is 15.0 Å². The van der Waals surface area contributed by atoms with Crippen LogP contribution in [0.3, 0.4) is 0 Å². The van der Waals surface area contributed by atoms with Gasteiger partial charge in [0, 0.05) is 21.3 Å². The van der Waals surface area contributed by atoms with Crippen LogP contribution in [0.1, 0.15) is 25.5 Å². The topological polar surface area (TPSA) is 50.7 Å². The SMILES string of the molecule is CC(C)c1csc(Nc2ncc(I)cn2)n1. The average molecular weight is 346 g/mol. The summed E-state index contributed by atoms with van der Waals surface area (Å²) in [6.45, 7) is 4.25. The summed E-state index contributed by atoms with van der Waals surface area (Å²) in [5, 5.41) is 5.98. The van der Waals surface area contributed by atoms with Crippen LogP contribution in [-0.4, -0.2) is 15.0 Å². The molecule has 0 aliphatic carbocycles. The summed E-state index contributed by atoms with van der Waals surface area (Å²) in [6, 6.07) is 0. The second-order valence-corrected chi connectivity index (χ2v) is 5.69. The highest BCUT2D eigenvalue weighted by Gasteiger charge is 2.06. The van der Waals surface area contributed by atoms with Gasteiger partial charge < -0.3 is 5.32 Å². The zero-order valence-electron chi connectivity index (χ0n) is 8.94. The molecule has 4 nitrogen and oxygen atoms in total. The molecule has 0 aliphatic rings. The van der Waals surface area contributed by atoms with Crippen molar-refractivity contribution < 1.29 is 0 Å². The minimum absolute atomic E-state index is 0.449. The van der Waals surface area contributed by atoms with Crippen molar-refractivity contribution in [1.82, 2.24) is 15.0 Å². The Morgan fingerprint density at radius 2 is 2.00 bits per heavy atom. The molecule has 0 radical (unpaired) electrons. The van der Waals surface area contributed by atoms with Gasteiger partial charge >= 0.3 is 0 Å². The van der Waals surface area contributed by atoms with Crippen molar-refractivity contribution in [3.05, 3.63) is 27.0 Å². The largest absolute Gasteiger partial charge is 0.300 e. The van der Waals surface area contributed by atoms with Crippen LogP contribution < -0.4 is 5.32 Å². The number of rotatable bonds is 3. The smallest absolute Gasteiger partial charge is 0.228 e. The predicted octanol–water partition coefficient (Wildman–Crippen LogP) is 3.40. The van der Waals surface area contributed by atoms with Crippen molar-refractivity contribution in [2.24, 2.45) is 0 Å². The van der Waals surface area contributed by atoms with Crippen LogP contribution >= 0.6 is 33.9 Å². The monoisotopic (exact) mass is 346 g/mol. The lowest BCUT2D eigenvalue weighted by Gasteiger charge is -2.00. The summed E-state index contributed by atoms with van der Waals surface area (Å²) in [7, 11) is 0. The maximum absolute atomic E-state index is 4.45. The Kier molecular flexibility index (Phi) is 3.70. The molecule has 0 amide bonds. The Labute approximate surface area is 112 Å². The fraction of sp³-hybridized carbons (Fsp3) is 0.300. The van der Waals surface area contributed by atoms with E-state index in [0.29, 0.717) is 11.9 Å². The number of anilines is 2. The lowest BCUT2D eigenvalue weighted by Crippen LogP contribution is -1.97. The van der Waals surface area contributed by atoms with Crippen LogP contribution in [0.2, 0.25) is 0 Å². The molecule has 2 aromatic heterocycles. The highest BCUT2D eigenvalue weighted by atomic mass is 127. The molecule has 0 atom stereocenters. The maximum atomic E-state index is 4.45. The first-order valence-corrected chi connectivity index (χ1v) is 6.81. The molecule has 0 saturated carbocycles. The van der Waals surface area contributed by atoms with Crippen LogP contribution in [0.25, 0.3) is 0 Å². The minimum atomic E-state index is 0.449. The molecule has 0 aliphatic heterocycles. The fourth-order valence-electron chi connectivity index (χ4n) is 1.08. The van der Waals surface area contributed by atoms with Crippen LogP contribution in [0.5, 0.6) is 0 Å². The molecule has 0 spiro atoms. The number of nitrogens with zero attached hydrogens (tertiary/aromatic N) is 3. The van der Waals surface area contributed by atoms with Gasteiger partial charge in [0.05, 0.1) is 5.69 Å². The normalized spacial score (nSPS) is 10.8. The lowest BCUT2D eigenvalue weighted by atomic mass is 10.2. The van der Waals surface area contributed by atoms with E-state index in [9.17, 15) is 0 Å². The van der Waals surface area contributed by atoms with Gasteiger partial charge in [0.25, 0.3) is 0 Å². The van der Waals surface area contributed by atoms with E-state index in [-0.39, 0.29) is 0 Å². The van der Waals surface area contributed by atoms with E-state index in [1.165, 1.54) is 0 Å². The van der Waals surface area contributed by atoms with E-state index >= 15 is 0 Å². The summed E-state index contributed by atoms with van der Waals surface area (Å²) >= 11 is 3.75. The van der Waals surface area contributed by atoms with Crippen LogP contribution in [0.15, 0.2) is 17.8 Å². The van der Waals surface area contributed by atoms with Gasteiger partial charge in [-0.3, -0.25) is 0 Å². The standard InChI is InChI=1S/C10H11IN4S/c1-6(2)8-5-16-10(14-8)15-9-12-3-7(11)4-13-9/h3-6H,1-2H3,(H,12,13,14,15). The number of hydrogen-bond acceptors (Lipinski definition) is 5. The molecule has 16 heavy (non-hydrogen) atoms. The van der Waals surface area contributed by atoms with Crippen LogP contribution in [0.4, 0.5) is 11.1 Å². The van der Waals surface area contributed by atoms with E-state index < -0.39 is 0 Å². The molecular weight excluding hydrogens is 335 g/mol. The maximum Gasteiger partial charge on any atom is 0.228 e. The molecule has 0 aromatic carbocycles. The van der Waals surface area contributed by atoms with Gasteiger partial charge in [-0.05, 0) is 28.5 Å². The molecule has 0 fully saturated rings. The molecular formula is C10H11IN4S. The van der Waals surface area contributed by atoms with Gasteiger partial charge in [0.1, 0.15) is 0 Å². The van der Waals surface area contributed by atoms with Crippen molar-refractivity contribution in [2.75, 3.05) is 5.32 Å². The Bertz CT molecular complexity index is 466. The predicted molar refractivity (Wildman–Crippen MR) is 74.2 cm³/mol. The molecule has 0 unspecified atom stereocenters. The third kappa shape index (κ3) is 2.88. The van der Waals surface area contributed by atoms with Crippen molar-refractivity contribution in [1.29, 1.82) is 0 Å². The van der Waals surface area contributed by atoms with Crippen LogP contribution in [0, 0.1) is 3.57 Å². The molecule has 0 saturated heterocycles. The third-order valence-electron chi connectivity index (χ3n) is 1.95. The number of hydrogen-bond donors (Lipinski definition) is 1. The quantitative estimate of drug-likeness (QED) is 0.866. The highest BCUT2D eigenvalue weighted by Crippen LogP contribution is 2.23. The van der Waals surface area contributed by atoms with E-state index in [0.717, 1.165) is 14.4 Å². The van der Waals surface area contributed by atoms with Gasteiger partial charge in [0.2, 0.25) is 5.95 Å². The number of thiazole rings is 1. The molecule has 84 valence electrons. The second kappa shape index (κ2) is 5.05. The second-order valence-electron chi connectivity index (χ2n) is 3.58. The van der Waals surface area contributed by atoms with Crippen molar-refractivity contribution >= 4 is 45.0 Å². The Morgan fingerprint density at radius 3 is 2.56 bits per heavy atom. The molecule has 0 bridgehead atoms. The first kappa shape index (κ1) is 11.7. The molecule has 2 aromatic rings. The van der Waals surface area contributed by atoms with Gasteiger partial charge in [-0.1, -0.05) is 13.8 Å². The Hall–Kier alpha value is -0.760. The zero-order chi connectivity index (χ0) is 11.5. The number of nitrogens with one attached hydrogen (secondary N) is 1. The van der Waals surface area contributed by atoms with E-state index in [2.05, 4.69) is 62.1 Å². The van der Waals surface area contributed by atoms with Gasteiger partial charge in [-0.2, -0.15) is 0 Å². The highest BCUT2D eigenvalue weighted by molar-refractivity contribution is 14.1. The number of aromatic nitrogens is 3. The van der Waals surface area contributed by atoms with Gasteiger partial charge in [-0.15, -0.1) is 11.3 Å². The Morgan fingerprint density at radius 1 is 1.31 bits per heavy atom.